The second-order valence-corrected chi connectivity index (χ2v) is 9.69. The number of nitro groups is 1. The summed E-state index contributed by atoms with van der Waals surface area (Å²) in [6.07, 6.45) is 1.12. The normalized spacial score (nSPS) is 16.9. The molecule has 1 fully saturated rings. The molecule has 7 nitrogen and oxygen atoms in total. The van der Waals surface area contributed by atoms with Crippen LogP contribution in [0.1, 0.15) is 49.2 Å². The van der Waals surface area contributed by atoms with E-state index in [9.17, 15) is 14.9 Å². The first-order chi connectivity index (χ1) is 14.4. The molecule has 1 aliphatic heterocycles. The number of rotatable bonds is 6. The van der Waals surface area contributed by atoms with Crippen LogP contribution in [0.3, 0.4) is 0 Å². The Morgan fingerprint density at radius 1 is 1.06 bits per heavy atom. The minimum absolute atomic E-state index is 0.0601. The molecule has 2 aromatic rings. The predicted molar refractivity (Wildman–Crippen MR) is 127 cm³/mol. The first-order valence-corrected chi connectivity index (χ1v) is 11.0. The van der Waals surface area contributed by atoms with Gasteiger partial charge in [0.1, 0.15) is 0 Å². The molecule has 0 spiro atoms. The Morgan fingerprint density at radius 3 is 2.26 bits per heavy atom. The minimum atomic E-state index is -0.573. The van der Waals surface area contributed by atoms with Crippen molar-refractivity contribution in [1.82, 2.24) is 0 Å². The summed E-state index contributed by atoms with van der Waals surface area (Å²) in [7, 11) is 0.770. The Kier molecular flexibility index (Phi) is 6.78. The Morgan fingerprint density at radius 2 is 1.68 bits per heavy atom. The number of benzene rings is 2. The summed E-state index contributed by atoms with van der Waals surface area (Å²) in [5.74, 6) is -0.424. The minimum Gasteiger partial charge on any atom is -0.465 e. The van der Waals surface area contributed by atoms with Crippen LogP contribution in [-0.4, -0.2) is 36.3 Å². The van der Waals surface area contributed by atoms with E-state index in [4.69, 9.17) is 14.0 Å². The van der Waals surface area contributed by atoms with E-state index in [0.29, 0.717) is 18.4 Å². The van der Waals surface area contributed by atoms with Gasteiger partial charge in [0.15, 0.2) is 0 Å². The second-order valence-electron chi connectivity index (χ2n) is 8.53. The third-order valence-electron chi connectivity index (χ3n) is 5.98. The van der Waals surface area contributed by atoms with Crippen LogP contribution in [0, 0.1) is 13.7 Å². The highest BCUT2D eigenvalue weighted by Gasteiger charge is 2.52. The number of non-ortho nitro benzene ring substituents is 1. The van der Waals surface area contributed by atoms with Gasteiger partial charge in [0.25, 0.3) is 5.69 Å². The fraction of sp³-hybridized carbons (Fsp3) is 0.409. The zero-order valence-corrected chi connectivity index (χ0v) is 20.4. The molecule has 0 aliphatic carbocycles. The molecule has 0 atom stereocenters. The quantitative estimate of drug-likeness (QED) is 0.182. The molecule has 1 aliphatic rings. The molecular formula is C22H25BINO6. The fourth-order valence-corrected chi connectivity index (χ4v) is 4.01. The van der Waals surface area contributed by atoms with Crippen molar-refractivity contribution in [2.75, 3.05) is 7.11 Å². The van der Waals surface area contributed by atoms with E-state index in [1.54, 1.807) is 24.3 Å². The first-order valence-electron chi connectivity index (χ1n) is 9.95. The molecular weight excluding hydrogens is 512 g/mol. The van der Waals surface area contributed by atoms with E-state index >= 15 is 0 Å². The fourth-order valence-electron chi connectivity index (χ4n) is 3.40. The van der Waals surface area contributed by atoms with Crippen molar-refractivity contribution in [3.63, 3.8) is 0 Å². The van der Waals surface area contributed by atoms with Gasteiger partial charge in [-0.2, -0.15) is 0 Å². The molecule has 9 heteroatoms. The van der Waals surface area contributed by atoms with Crippen molar-refractivity contribution < 1.29 is 23.8 Å². The van der Waals surface area contributed by atoms with Crippen molar-refractivity contribution >= 4 is 46.8 Å². The summed E-state index contributed by atoms with van der Waals surface area (Å²) in [6.45, 7) is 7.95. The lowest BCUT2D eigenvalue weighted by Crippen LogP contribution is -2.41. The molecule has 0 aromatic heterocycles. The molecule has 0 N–H and O–H groups in total. The number of hydrogen-bond donors (Lipinski definition) is 0. The first kappa shape index (κ1) is 23.7. The van der Waals surface area contributed by atoms with Gasteiger partial charge in [0, 0.05) is 15.7 Å². The topological polar surface area (TPSA) is 87.9 Å². The second kappa shape index (κ2) is 8.87. The molecule has 2 aromatic carbocycles. The lowest BCUT2D eigenvalue weighted by molar-refractivity contribution is -0.384. The summed E-state index contributed by atoms with van der Waals surface area (Å²) in [4.78, 5) is 22.9. The molecule has 0 bridgehead atoms. The van der Waals surface area contributed by atoms with Crippen LogP contribution in [0.4, 0.5) is 5.69 Å². The lowest BCUT2D eigenvalue weighted by Gasteiger charge is -2.32. The average molecular weight is 537 g/mol. The zero-order valence-electron chi connectivity index (χ0n) is 18.2. The Balaban J connectivity index is 1.95. The van der Waals surface area contributed by atoms with Crippen LogP contribution in [0.15, 0.2) is 36.4 Å². The van der Waals surface area contributed by atoms with E-state index in [2.05, 4.69) is 22.6 Å². The monoisotopic (exact) mass is 537 g/mol. The maximum atomic E-state index is 12.1. The summed E-state index contributed by atoms with van der Waals surface area (Å²) in [5, 5.41) is 11.2. The van der Waals surface area contributed by atoms with E-state index in [1.165, 1.54) is 13.2 Å². The van der Waals surface area contributed by atoms with Crippen LogP contribution in [0.5, 0.6) is 0 Å². The van der Waals surface area contributed by atoms with Crippen LogP contribution in [0.25, 0.3) is 0 Å². The standard InChI is InChI=1S/C22H25BINO6/c1-21(2)22(3,4)31-23(30-21)18-10-8-16(20(26)29-5)12-14(18)6-7-15-13-17(25(27)28)9-11-19(15)24/h8-13H,6-7H2,1-5H3. The number of halogens is 1. The average Bonchev–Trinajstić information content (AvgIpc) is 2.93. The molecule has 31 heavy (non-hydrogen) atoms. The third kappa shape index (κ3) is 4.93. The number of esters is 1. The van der Waals surface area contributed by atoms with Crippen LogP contribution < -0.4 is 5.46 Å². The van der Waals surface area contributed by atoms with Crippen molar-refractivity contribution in [2.45, 2.75) is 51.7 Å². The van der Waals surface area contributed by atoms with Crippen LogP contribution in [0.2, 0.25) is 0 Å². The number of ether oxygens (including phenoxy) is 1. The lowest BCUT2D eigenvalue weighted by atomic mass is 9.74. The van der Waals surface area contributed by atoms with Crippen molar-refractivity contribution in [3.8, 4) is 0 Å². The number of carbonyl (C=O) groups excluding carboxylic acids is 1. The summed E-state index contributed by atoms with van der Waals surface area (Å²) in [5.41, 5.74) is 2.10. The van der Waals surface area contributed by atoms with Gasteiger partial charge >= 0.3 is 13.1 Å². The largest absolute Gasteiger partial charge is 0.495 e. The highest BCUT2D eigenvalue weighted by atomic mass is 127. The smallest absolute Gasteiger partial charge is 0.465 e. The van der Waals surface area contributed by atoms with E-state index in [-0.39, 0.29) is 5.69 Å². The molecule has 3 rings (SSSR count). The number of nitro benzene ring substituents is 1. The summed E-state index contributed by atoms with van der Waals surface area (Å²) in [6, 6.07) is 10.2. The van der Waals surface area contributed by atoms with E-state index in [1.807, 2.05) is 33.8 Å². The number of aryl methyl sites for hydroxylation is 2. The third-order valence-corrected chi connectivity index (χ3v) is 7.03. The molecule has 0 radical (unpaired) electrons. The Hall–Kier alpha value is -1.98. The van der Waals surface area contributed by atoms with Crippen LogP contribution in [-0.2, 0) is 26.9 Å². The zero-order chi connectivity index (χ0) is 23.0. The van der Waals surface area contributed by atoms with E-state index in [0.717, 1.165) is 20.2 Å². The van der Waals surface area contributed by atoms with Gasteiger partial charge in [-0.3, -0.25) is 10.1 Å². The number of carbonyl (C=O) groups is 1. The molecule has 164 valence electrons. The summed E-state index contributed by atoms with van der Waals surface area (Å²) < 4.78 is 18.2. The van der Waals surface area contributed by atoms with Gasteiger partial charge in [-0.1, -0.05) is 6.07 Å². The van der Waals surface area contributed by atoms with Crippen molar-refractivity contribution in [2.24, 2.45) is 0 Å². The van der Waals surface area contributed by atoms with E-state index < -0.39 is 29.2 Å². The van der Waals surface area contributed by atoms with Crippen molar-refractivity contribution in [3.05, 3.63) is 66.8 Å². The molecule has 1 saturated heterocycles. The highest BCUT2D eigenvalue weighted by molar-refractivity contribution is 14.1. The predicted octanol–water partition coefficient (Wildman–Crippen LogP) is 4.07. The maximum Gasteiger partial charge on any atom is 0.495 e. The van der Waals surface area contributed by atoms with Gasteiger partial charge in [-0.25, -0.2) is 4.79 Å². The van der Waals surface area contributed by atoms with Gasteiger partial charge in [0.2, 0.25) is 0 Å². The van der Waals surface area contributed by atoms with Gasteiger partial charge in [0.05, 0.1) is 28.8 Å². The number of nitrogens with zero attached hydrogens (tertiary/aromatic N) is 1. The Labute approximate surface area is 195 Å². The molecule has 1 heterocycles. The van der Waals surface area contributed by atoms with Gasteiger partial charge in [-0.05, 0) is 97.9 Å². The maximum absolute atomic E-state index is 12.1. The van der Waals surface area contributed by atoms with Crippen molar-refractivity contribution in [1.29, 1.82) is 0 Å². The van der Waals surface area contributed by atoms with Gasteiger partial charge < -0.3 is 14.0 Å². The SMILES string of the molecule is COC(=O)c1ccc(B2OC(C)(C)C(C)(C)O2)c(CCc2cc([N+](=O)[O-])ccc2I)c1. The van der Waals surface area contributed by atoms with Crippen LogP contribution >= 0.6 is 22.6 Å². The van der Waals surface area contributed by atoms with Gasteiger partial charge in [-0.15, -0.1) is 0 Å². The molecule has 0 saturated carbocycles. The number of methoxy groups -OCH3 is 1. The summed E-state index contributed by atoms with van der Waals surface area (Å²) >= 11 is 2.18. The molecule has 0 unspecified atom stereocenters. The highest BCUT2D eigenvalue weighted by Crippen LogP contribution is 2.37. The molecule has 0 amide bonds. The number of hydrogen-bond acceptors (Lipinski definition) is 6. The Bertz CT molecular complexity index is 1010.